The summed E-state index contributed by atoms with van der Waals surface area (Å²) >= 11 is 0. The first-order valence-electron chi connectivity index (χ1n) is 7.24. The van der Waals surface area contributed by atoms with E-state index in [4.69, 9.17) is 4.74 Å². The molecule has 2 unspecified atom stereocenters. The van der Waals surface area contributed by atoms with Crippen LogP contribution in [-0.2, 0) is 4.74 Å². The van der Waals surface area contributed by atoms with Gasteiger partial charge in [0.05, 0.1) is 6.10 Å². The van der Waals surface area contributed by atoms with Gasteiger partial charge in [-0.1, -0.05) is 29.8 Å². The lowest BCUT2D eigenvalue weighted by atomic mass is 10.0. The number of nitrogens with one attached hydrogen (secondary N) is 1. The van der Waals surface area contributed by atoms with E-state index in [9.17, 15) is 0 Å². The Bertz CT molecular complexity index is 377. The number of ether oxygens (including phenoxy) is 1. The Kier molecular flexibility index (Phi) is 3.67. The highest BCUT2D eigenvalue weighted by molar-refractivity contribution is 5.25. The number of rotatable bonds is 5. The second-order valence-corrected chi connectivity index (χ2v) is 5.77. The van der Waals surface area contributed by atoms with Crippen molar-refractivity contribution in [3.63, 3.8) is 0 Å². The van der Waals surface area contributed by atoms with Gasteiger partial charge < -0.3 is 10.1 Å². The van der Waals surface area contributed by atoms with Crippen molar-refractivity contribution in [2.45, 2.75) is 44.8 Å². The van der Waals surface area contributed by atoms with Gasteiger partial charge in [-0.2, -0.15) is 0 Å². The zero-order chi connectivity index (χ0) is 12.4. The van der Waals surface area contributed by atoms with Crippen LogP contribution in [0.4, 0.5) is 0 Å². The third kappa shape index (κ3) is 2.93. The lowest BCUT2D eigenvalue weighted by molar-refractivity contribution is 0.106. The van der Waals surface area contributed by atoms with Crippen molar-refractivity contribution in [2.24, 2.45) is 5.92 Å². The maximum Gasteiger partial charge on any atom is 0.0700 e. The first kappa shape index (κ1) is 12.2. The maximum absolute atomic E-state index is 5.70. The SMILES string of the molecule is Cc1ccc(C(NCC2CCCO2)C2CC2)cc1. The second kappa shape index (κ2) is 5.41. The van der Waals surface area contributed by atoms with Gasteiger partial charge in [0, 0.05) is 19.2 Å². The fourth-order valence-electron chi connectivity index (χ4n) is 2.82. The van der Waals surface area contributed by atoms with Crippen LogP contribution in [0.3, 0.4) is 0 Å². The van der Waals surface area contributed by atoms with Gasteiger partial charge in [-0.3, -0.25) is 0 Å². The molecule has 1 aliphatic carbocycles. The molecule has 18 heavy (non-hydrogen) atoms. The summed E-state index contributed by atoms with van der Waals surface area (Å²) in [6.07, 6.45) is 5.63. The summed E-state index contributed by atoms with van der Waals surface area (Å²) in [7, 11) is 0. The van der Waals surface area contributed by atoms with E-state index in [1.807, 2.05) is 0 Å². The summed E-state index contributed by atoms with van der Waals surface area (Å²) in [4.78, 5) is 0. The Morgan fingerprint density at radius 1 is 1.22 bits per heavy atom. The van der Waals surface area contributed by atoms with Crippen molar-refractivity contribution in [1.29, 1.82) is 0 Å². The molecular weight excluding hydrogens is 222 g/mol. The topological polar surface area (TPSA) is 21.3 Å². The Morgan fingerprint density at radius 2 is 2.00 bits per heavy atom. The molecule has 1 aliphatic heterocycles. The van der Waals surface area contributed by atoms with Crippen LogP contribution >= 0.6 is 0 Å². The third-order valence-corrected chi connectivity index (χ3v) is 4.12. The van der Waals surface area contributed by atoms with E-state index in [0.717, 1.165) is 19.1 Å². The zero-order valence-electron chi connectivity index (χ0n) is 11.2. The van der Waals surface area contributed by atoms with Crippen LogP contribution in [0.2, 0.25) is 0 Å². The smallest absolute Gasteiger partial charge is 0.0700 e. The molecule has 1 N–H and O–H groups in total. The Labute approximate surface area is 110 Å². The molecular formula is C16H23NO. The van der Waals surface area contributed by atoms with E-state index >= 15 is 0 Å². The molecule has 1 heterocycles. The number of hydrogen-bond acceptors (Lipinski definition) is 2. The van der Waals surface area contributed by atoms with Crippen molar-refractivity contribution in [1.82, 2.24) is 5.32 Å². The fourth-order valence-corrected chi connectivity index (χ4v) is 2.82. The minimum absolute atomic E-state index is 0.441. The second-order valence-electron chi connectivity index (χ2n) is 5.77. The van der Waals surface area contributed by atoms with Gasteiger partial charge in [0.1, 0.15) is 0 Å². The van der Waals surface area contributed by atoms with Crippen LogP contribution in [0, 0.1) is 12.8 Å². The molecule has 98 valence electrons. The van der Waals surface area contributed by atoms with Crippen molar-refractivity contribution in [3.8, 4) is 0 Å². The summed E-state index contributed by atoms with van der Waals surface area (Å²) in [6, 6.07) is 9.54. The van der Waals surface area contributed by atoms with Crippen LogP contribution in [0.15, 0.2) is 24.3 Å². The van der Waals surface area contributed by atoms with Crippen molar-refractivity contribution in [3.05, 3.63) is 35.4 Å². The van der Waals surface area contributed by atoms with E-state index in [0.29, 0.717) is 12.1 Å². The van der Waals surface area contributed by atoms with E-state index < -0.39 is 0 Å². The third-order valence-electron chi connectivity index (χ3n) is 4.12. The summed E-state index contributed by atoms with van der Waals surface area (Å²) in [5.74, 6) is 0.842. The van der Waals surface area contributed by atoms with Gasteiger partial charge in [0.2, 0.25) is 0 Å². The predicted octanol–water partition coefficient (Wildman–Crippen LogP) is 3.21. The van der Waals surface area contributed by atoms with E-state index in [1.165, 1.54) is 36.8 Å². The normalized spacial score (nSPS) is 25.3. The van der Waals surface area contributed by atoms with E-state index in [1.54, 1.807) is 0 Å². The van der Waals surface area contributed by atoms with Gasteiger partial charge in [-0.05, 0) is 44.1 Å². The standard InChI is InChI=1S/C16H23NO/c1-12-4-6-13(7-5-12)16(14-8-9-14)17-11-15-3-2-10-18-15/h4-7,14-17H,2-3,8-11H2,1H3. The Balaban J connectivity index is 1.62. The number of aryl methyl sites for hydroxylation is 1. The van der Waals surface area contributed by atoms with Crippen LogP contribution in [0.1, 0.15) is 42.9 Å². The van der Waals surface area contributed by atoms with Crippen LogP contribution in [0.25, 0.3) is 0 Å². The lowest BCUT2D eigenvalue weighted by Gasteiger charge is -2.21. The summed E-state index contributed by atoms with van der Waals surface area (Å²) in [5.41, 5.74) is 2.79. The molecule has 0 amide bonds. The van der Waals surface area contributed by atoms with Crippen LogP contribution < -0.4 is 5.32 Å². The molecule has 3 rings (SSSR count). The van der Waals surface area contributed by atoms with Crippen LogP contribution in [-0.4, -0.2) is 19.3 Å². The monoisotopic (exact) mass is 245 g/mol. The molecule has 2 nitrogen and oxygen atoms in total. The van der Waals surface area contributed by atoms with Crippen LogP contribution in [0.5, 0.6) is 0 Å². The number of hydrogen-bond donors (Lipinski definition) is 1. The van der Waals surface area contributed by atoms with Crippen molar-refractivity contribution < 1.29 is 4.74 Å². The maximum atomic E-state index is 5.70. The minimum Gasteiger partial charge on any atom is -0.377 e. The molecule has 2 aliphatic rings. The highest BCUT2D eigenvalue weighted by atomic mass is 16.5. The van der Waals surface area contributed by atoms with Gasteiger partial charge in [-0.15, -0.1) is 0 Å². The highest BCUT2D eigenvalue weighted by Crippen LogP contribution is 2.41. The summed E-state index contributed by atoms with van der Waals surface area (Å²) in [5, 5.41) is 3.73. The van der Waals surface area contributed by atoms with Gasteiger partial charge in [0.15, 0.2) is 0 Å². The largest absolute Gasteiger partial charge is 0.377 e. The quantitative estimate of drug-likeness (QED) is 0.860. The molecule has 1 saturated carbocycles. The molecule has 1 aromatic carbocycles. The average Bonchev–Trinajstić information content (AvgIpc) is 3.08. The summed E-state index contributed by atoms with van der Waals surface area (Å²) < 4.78 is 5.70. The molecule has 0 radical (unpaired) electrons. The fraction of sp³-hybridized carbons (Fsp3) is 0.625. The first-order chi connectivity index (χ1) is 8.83. The summed E-state index contributed by atoms with van der Waals surface area (Å²) in [6.45, 7) is 4.11. The molecule has 2 atom stereocenters. The average molecular weight is 245 g/mol. The highest BCUT2D eigenvalue weighted by Gasteiger charge is 2.32. The van der Waals surface area contributed by atoms with E-state index in [-0.39, 0.29) is 0 Å². The molecule has 2 fully saturated rings. The molecule has 0 aromatic heterocycles. The van der Waals surface area contributed by atoms with Crippen molar-refractivity contribution in [2.75, 3.05) is 13.2 Å². The predicted molar refractivity (Wildman–Crippen MR) is 73.6 cm³/mol. The lowest BCUT2D eigenvalue weighted by Crippen LogP contribution is -2.31. The molecule has 1 aromatic rings. The zero-order valence-corrected chi connectivity index (χ0v) is 11.2. The van der Waals surface area contributed by atoms with Gasteiger partial charge in [0.25, 0.3) is 0 Å². The molecule has 2 heteroatoms. The minimum atomic E-state index is 0.441. The number of benzene rings is 1. The van der Waals surface area contributed by atoms with Gasteiger partial charge >= 0.3 is 0 Å². The Morgan fingerprint density at radius 3 is 2.61 bits per heavy atom. The van der Waals surface area contributed by atoms with E-state index in [2.05, 4.69) is 36.5 Å². The Hall–Kier alpha value is -0.860. The molecule has 0 spiro atoms. The molecule has 0 bridgehead atoms. The van der Waals surface area contributed by atoms with Gasteiger partial charge in [-0.25, -0.2) is 0 Å². The first-order valence-corrected chi connectivity index (χ1v) is 7.24. The molecule has 1 saturated heterocycles. The van der Waals surface area contributed by atoms with Crippen molar-refractivity contribution >= 4 is 0 Å².